The number of hydrogen-bond donors (Lipinski definition) is 0. The predicted octanol–water partition coefficient (Wildman–Crippen LogP) is 7.31. The fourth-order valence-electron chi connectivity index (χ4n) is 3.91. The molecule has 172 valence electrons. The van der Waals surface area contributed by atoms with Crippen LogP contribution >= 0.6 is 11.3 Å². The summed E-state index contributed by atoms with van der Waals surface area (Å²) in [6.07, 6.45) is 4.82. The average Bonchev–Trinajstić information content (AvgIpc) is 3.51. The summed E-state index contributed by atoms with van der Waals surface area (Å²) in [5, 5.41) is 15.7. The first kappa shape index (κ1) is 22.6. The summed E-state index contributed by atoms with van der Waals surface area (Å²) in [7, 11) is 0. The van der Waals surface area contributed by atoms with Gasteiger partial charge in [0.15, 0.2) is 0 Å². The number of nitriles is 1. The third-order valence-electron chi connectivity index (χ3n) is 5.63. The minimum Gasteiger partial charge on any atom is -0.494 e. The number of nitrogens with zero attached hydrogens (tertiary/aromatic N) is 4. The van der Waals surface area contributed by atoms with Gasteiger partial charge in [-0.1, -0.05) is 37.3 Å². The van der Waals surface area contributed by atoms with Crippen LogP contribution in [0.1, 0.15) is 29.5 Å². The summed E-state index contributed by atoms with van der Waals surface area (Å²) in [6.45, 7) is 4.83. The number of aromatic nitrogens is 3. The zero-order chi connectivity index (χ0) is 24.2. The van der Waals surface area contributed by atoms with Gasteiger partial charge in [0.1, 0.15) is 22.5 Å². The molecule has 35 heavy (non-hydrogen) atoms. The smallest absolute Gasteiger partial charge is 0.135 e. The molecule has 5 rings (SSSR count). The highest BCUT2D eigenvalue weighted by atomic mass is 32.1. The first-order chi connectivity index (χ1) is 17.2. The van der Waals surface area contributed by atoms with Crippen LogP contribution in [0.15, 0.2) is 79.0 Å². The van der Waals surface area contributed by atoms with Gasteiger partial charge in [-0.2, -0.15) is 10.4 Å². The number of allylic oxidation sites excluding steroid dienone is 1. The van der Waals surface area contributed by atoms with E-state index in [-0.39, 0.29) is 0 Å². The van der Waals surface area contributed by atoms with Crippen molar-refractivity contribution >= 4 is 33.2 Å². The van der Waals surface area contributed by atoms with Gasteiger partial charge >= 0.3 is 0 Å². The standard InChI is InChI=1S/C29H24N4OS/c1-3-15-34-24-13-14-25(20(2)16-24)28-22(19-33(32-28)23-9-5-4-6-10-23)17-21(18-30)29-31-26-11-7-8-12-27(26)35-29/h4-14,16-17,19H,3,15H2,1-2H3/b21-17+. The zero-order valence-electron chi connectivity index (χ0n) is 19.6. The minimum absolute atomic E-state index is 0.514. The summed E-state index contributed by atoms with van der Waals surface area (Å²) in [4.78, 5) is 4.69. The number of hydrogen-bond acceptors (Lipinski definition) is 5. The van der Waals surface area contributed by atoms with Gasteiger partial charge in [0, 0.05) is 17.3 Å². The molecule has 0 bridgehead atoms. The number of para-hydroxylation sites is 2. The molecule has 0 unspecified atom stereocenters. The Morgan fingerprint density at radius 3 is 2.63 bits per heavy atom. The second-order valence-corrected chi connectivity index (χ2v) is 9.23. The average molecular weight is 477 g/mol. The molecule has 0 saturated carbocycles. The molecule has 0 aliphatic carbocycles. The van der Waals surface area contributed by atoms with Gasteiger partial charge in [0.25, 0.3) is 0 Å². The third-order valence-corrected chi connectivity index (χ3v) is 6.70. The van der Waals surface area contributed by atoms with Crippen LogP contribution < -0.4 is 4.74 Å². The normalized spacial score (nSPS) is 11.5. The molecule has 2 aromatic heterocycles. The van der Waals surface area contributed by atoms with Gasteiger partial charge in [-0.25, -0.2) is 9.67 Å². The van der Waals surface area contributed by atoms with Crippen LogP contribution in [-0.2, 0) is 0 Å². The van der Waals surface area contributed by atoms with Gasteiger partial charge in [0.05, 0.1) is 28.1 Å². The topological polar surface area (TPSA) is 63.7 Å². The Hall–Kier alpha value is -4.21. The number of benzene rings is 3. The Morgan fingerprint density at radius 2 is 1.89 bits per heavy atom. The molecule has 2 heterocycles. The van der Waals surface area contributed by atoms with Crippen molar-refractivity contribution < 1.29 is 4.74 Å². The second kappa shape index (κ2) is 9.96. The fourth-order valence-corrected chi connectivity index (χ4v) is 4.84. The van der Waals surface area contributed by atoms with E-state index in [0.29, 0.717) is 17.2 Å². The summed E-state index contributed by atoms with van der Waals surface area (Å²) in [5.41, 5.74) is 6.08. The molecule has 3 aromatic carbocycles. The predicted molar refractivity (Wildman–Crippen MR) is 143 cm³/mol. The Labute approximate surface area is 208 Å². The molecule has 0 amide bonds. The van der Waals surface area contributed by atoms with E-state index in [4.69, 9.17) is 9.84 Å². The van der Waals surface area contributed by atoms with Crippen molar-refractivity contribution in [2.24, 2.45) is 0 Å². The molecular formula is C29H24N4OS. The van der Waals surface area contributed by atoms with Crippen molar-refractivity contribution in [2.45, 2.75) is 20.3 Å². The Kier molecular flexibility index (Phi) is 6.42. The maximum atomic E-state index is 10.0. The summed E-state index contributed by atoms with van der Waals surface area (Å²) >= 11 is 1.52. The van der Waals surface area contributed by atoms with Gasteiger partial charge in [-0.3, -0.25) is 0 Å². The second-order valence-electron chi connectivity index (χ2n) is 8.19. The first-order valence-corrected chi connectivity index (χ1v) is 12.3. The summed E-state index contributed by atoms with van der Waals surface area (Å²) in [6, 6.07) is 26.3. The van der Waals surface area contributed by atoms with Crippen molar-refractivity contribution in [1.82, 2.24) is 14.8 Å². The lowest BCUT2D eigenvalue weighted by atomic mass is 10.0. The monoisotopic (exact) mass is 476 g/mol. The highest BCUT2D eigenvalue weighted by Crippen LogP contribution is 2.33. The number of thiazole rings is 1. The van der Waals surface area contributed by atoms with E-state index in [9.17, 15) is 5.26 Å². The van der Waals surface area contributed by atoms with E-state index in [1.54, 1.807) is 0 Å². The molecule has 0 fully saturated rings. The van der Waals surface area contributed by atoms with Crippen LogP contribution in [0, 0.1) is 18.3 Å². The molecule has 0 atom stereocenters. The molecule has 6 heteroatoms. The van der Waals surface area contributed by atoms with Crippen LogP contribution in [0.4, 0.5) is 0 Å². The molecule has 5 aromatic rings. The lowest BCUT2D eigenvalue weighted by Gasteiger charge is -2.09. The van der Waals surface area contributed by atoms with Crippen LogP contribution in [0.5, 0.6) is 5.75 Å². The van der Waals surface area contributed by atoms with E-state index < -0.39 is 0 Å². The van der Waals surface area contributed by atoms with Crippen LogP contribution in [0.3, 0.4) is 0 Å². The van der Waals surface area contributed by atoms with E-state index >= 15 is 0 Å². The maximum Gasteiger partial charge on any atom is 0.135 e. The van der Waals surface area contributed by atoms with E-state index in [1.165, 1.54) is 11.3 Å². The summed E-state index contributed by atoms with van der Waals surface area (Å²) < 4.78 is 8.73. The van der Waals surface area contributed by atoms with Crippen LogP contribution in [0.25, 0.3) is 38.8 Å². The Bertz CT molecular complexity index is 1520. The Morgan fingerprint density at radius 1 is 1.09 bits per heavy atom. The number of ether oxygens (including phenoxy) is 1. The number of rotatable bonds is 7. The van der Waals surface area contributed by atoms with E-state index in [0.717, 1.165) is 50.5 Å². The highest BCUT2D eigenvalue weighted by Gasteiger charge is 2.16. The molecule has 0 spiro atoms. The quantitative estimate of drug-likeness (QED) is 0.231. The molecule has 5 nitrogen and oxygen atoms in total. The van der Waals surface area contributed by atoms with Crippen molar-refractivity contribution in [3.05, 3.63) is 95.1 Å². The van der Waals surface area contributed by atoms with Gasteiger partial charge in [0.2, 0.25) is 0 Å². The zero-order valence-corrected chi connectivity index (χ0v) is 20.4. The van der Waals surface area contributed by atoms with Crippen molar-refractivity contribution in [3.63, 3.8) is 0 Å². The van der Waals surface area contributed by atoms with E-state index in [1.807, 2.05) is 89.8 Å². The fraction of sp³-hybridized carbons (Fsp3) is 0.138. The molecule has 0 N–H and O–H groups in total. The van der Waals surface area contributed by atoms with Crippen molar-refractivity contribution in [1.29, 1.82) is 5.26 Å². The maximum absolute atomic E-state index is 10.0. The molecule has 0 aliphatic rings. The van der Waals surface area contributed by atoms with E-state index in [2.05, 4.69) is 24.9 Å². The van der Waals surface area contributed by atoms with Crippen LogP contribution in [-0.4, -0.2) is 21.4 Å². The molecule has 0 saturated heterocycles. The number of fused-ring (bicyclic) bond motifs is 1. The third kappa shape index (κ3) is 4.72. The van der Waals surface area contributed by atoms with Crippen LogP contribution in [0.2, 0.25) is 0 Å². The first-order valence-electron chi connectivity index (χ1n) is 11.5. The lowest BCUT2D eigenvalue weighted by molar-refractivity contribution is 0.317. The largest absolute Gasteiger partial charge is 0.494 e. The number of aryl methyl sites for hydroxylation is 1. The molecule has 0 aliphatic heterocycles. The lowest BCUT2D eigenvalue weighted by Crippen LogP contribution is -1.97. The molecular weight excluding hydrogens is 452 g/mol. The van der Waals surface area contributed by atoms with Crippen molar-refractivity contribution in [2.75, 3.05) is 6.61 Å². The summed E-state index contributed by atoms with van der Waals surface area (Å²) in [5.74, 6) is 0.847. The SMILES string of the molecule is CCCOc1ccc(-c2nn(-c3ccccc3)cc2/C=C(\C#N)c2nc3ccccc3s2)c(C)c1. The minimum atomic E-state index is 0.514. The van der Waals surface area contributed by atoms with Gasteiger partial charge in [-0.15, -0.1) is 11.3 Å². The molecule has 0 radical (unpaired) electrons. The Balaban J connectivity index is 1.63. The van der Waals surface area contributed by atoms with Gasteiger partial charge < -0.3 is 4.74 Å². The van der Waals surface area contributed by atoms with Gasteiger partial charge in [-0.05, 0) is 67.4 Å². The van der Waals surface area contributed by atoms with Crippen molar-refractivity contribution in [3.8, 4) is 28.8 Å². The highest BCUT2D eigenvalue weighted by molar-refractivity contribution is 7.19.